The van der Waals surface area contributed by atoms with Crippen molar-refractivity contribution >= 4 is 74.6 Å². The standard InChI is InChI=1S/C49H29N3S/c1-2-13-31(14-3-1)47-50-48(34-23-22-30-12-4-5-15-32(30)28-34)52-49(51-47)42-27-26-35(46-45(42)41-20-10-11-21-44(41)53-46)33-24-25-40-38-18-7-6-16-36(38)37-17-8-9-19-39(37)43(40)29-33/h1-29H. The maximum absolute atomic E-state index is 5.23. The van der Waals surface area contributed by atoms with Crippen molar-refractivity contribution in [2.24, 2.45) is 0 Å². The molecule has 0 amide bonds. The van der Waals surface area contributed by atoms with Crippen molar-refractivity contribution in [3.8, 4) is 45.3 Å². The van der Waals surface area contributed by atoms with E-state index in [1.165, 1.54) is 69.0 Å². The predicted octanol–water partition coefficient (Wildman–Crippen LogP) is 13.5. The van der Waals surface area contributed by atoms with Gasteiger partial charge < -0.3 is 0 Å². The zero-order valence-corrected chi connectivity index (χ0v) is 29.3. The topological polar surface area (TPSA) is 38.7 Å². The second kappa shape index (κ2) is 11.9. The Balaban J connectivity index is 1.16. The molecule has 2 aromatic heterocycles. The van der Waals surface area contributed by atoms with Gasteiger partial charge in [-0.2, -0.15) is 0 Å². The Kier molecular flexibility index (Phi) is 6.73. The average molecular weight is 692 g/mol. The molecule has 0 atom stereocenters. The molecule has 0 saturated carbocycles. The SMILES string of the molecule is c1ccc(-c2nc(-c3ccc4ccccc4c3)nc(-c3ccc(-c4ccc5c6ccccc6c6ccccc6c5c4)c4sc5ccccc5c34)n2)cc1. The summed E-state index contributed by atoms with van der Waals surface area (Å²) < 4.78 is 2.46. The van der Waals surface area contributed by atoms with Crippen LogP contribution in [0.25, 0.3) is 109 Å². The van der Waals surface area contributed by atoms with Crippen molar-refractivity contribution in [3.63, 3.8) is 0 Å². The first-order chi connectivity index (χ1) is 26.3. The molecule has 0 bridgehead atoms. The summed E-state index contributed by atoms with van der Waals surface area (Å²) in [6, 6.07) is 62.7. The highest BCUT2D eigenvalue weighted by Crippen LogP contribution is 2.46. The van der Waals surface area contributed by atoms with E-state index in [0.29, 0.717) is 17.5 Å². The van der Waals surface area contributed by atoms with E-state index in [2.05, 4.69) is 158 Å². The number of nitrogens with zero attached hydrogens (tertiary/aromatic N) is 3. The van der Waals surface area contributed by atoms with Crippen LogP contribution in [0.1, 0.15) is 0 Å². The van der Waals surface area contributed by atoms with Crippen molar-refractivity contribution in [1.29, 1.82) is 0 Å². The third-order valence-corrected chi connectivity index (χ3v) is 11.7. The number of aromatic nitrogens is 3. The summed E-state index contributed by atoms with van der Waals surface area (Å²) in [5.74, 6) is 1.98. The highest BCUT2D eigenvalue weighted by Gasteiger charge is 2.20. The summed E-state index contributed by atoms with van der Waals surface area (Å²) >= 11 is 1.83. The first-order valence-electron chi connectivity index (χ1n) is 17.9. The van der Waals surface area contributed by atoms with Gasteiger partial charge in [0.25, 0.3) is 0 Å². The first kappa shape index (κ1) is 29.9. The molecule has 11 aromatic rings. The molecular weight excluding hydrogens is 663 g/mol. The zero-order chi connectivity index (χ0) is 34.9. The van der Waals surface area contributed by atoms with E-state index >= 15 is 0 Å². The molecule has 0 aliphatic carbocycles. The Hall–Kier alpha value is -6.75. The van der Waals surface area contributed by atoms with Crippen LogP contribution in [0.4, 0.5) is 0 Å². The number of thiophene rings is 1. The molecule has 4 heteroatoms. The normalized spacial score (nSPS) is 11.8. The van der Waals surface area contributed by atoms with Crippen LogP contribution in [0, 0.1) is 0 Å². The van der Waals surface area contributed by atoms with Crippen LogP contribution in [0.5, 0.6) is 0 Å². The smallest absolute Gasteiger partial charge is 0.164 e. The van der Waals surface area contributed by atoms with Gasteiger partial charge in [-0.3, -0.25) is 0 Å². The number of rotatable bonds is 4. The van der Waals surface area contributed by atoms with E-state index < -0.39 is 0 Å². The number of hydrogen-bond acceptors (Lipinski definition) is 4. The van der Waals surface area contributed by atoms with Gasteiger partial charge in [0.15, 0.2) is 17.5 Å². The summed E-state index contributed by atoms with van der Waals surface area (Å²) in [4.78, 5) is 15.5. The van der Waals surface area contributed by atoms with Gasteiger partial charge in [0.1, 0.15) is 0 Å². The molecule has 0 unspecified atom stereocenters. The van der Waals surface area contributed by atoms with Crippen LogP contribution >= 0.6 is 11.3 Å². The molecule has 2 heterocycles. The van der Waals surface area contributed by atoms with Gasteiger partial charge in [0.2, 0.25) is 0 Å². The Morgan fingerprint density at radius 3 is 1.62 bits per heavy atom. The van der Waals surface area contributed by atoms with E-state index in [1.54, 1.807) is 0 Å². The molecule has 53 heavy (non-hydrogen) atoms. The Morgan fingerprint density at radius 1 is 0.321 bits per heavy atom. The molecular formula is C49H29N3S. The third kappa shape index (κ3) is 4.84. The van der Waals surface area contributed by atoms with Crippen molar-refractivity contribution in [2.75, 3.05) is 0 Å². The van der Waals surface area contributed by atoms with E-state index in [0.717, 1.165) is 22.1 Å². The lowest BCUT2D eigenvalue weighted by atomic mass is 9.91. The van der Waals surface area contributed by atoms with Crippen LogP contribution < -0.4 is 0 Å². The molecule has 9 aromatic carbocycles. The minimum Gasteiger partial charge on any atom is -0.208 e. The van der Waals surface area contributed by atoms with E-state index in [1.807, 2.05) is 29.5 Å². The lowest BCUT2D eigenvalue weighted by Gasteiger charge is -2.14. The van der Waals surface area contributed by atoms with E-state index in [-0.39, 0.29) is 0 Å². The van der Waals surface area contributed by atoms with Crippen LogP contribution in [-0.4, -0.2) is 15.0 Å². The summed E-state index contributed by atoms with van der Waals surface area (Å²) in [6.07, 6.45) is 0. The third-order valence-electron chi connectivity index (χ3n) is 10.5. The highest BCUT2D eigenvalue weighted by molar-refractivity contribution is 7.26. The molecule has 0 aliphatic rings. The average Bonchev–Trinajstić information content (AvgIpc) is 3.63. The maximum atomic E-state index is 5.23. The zero-order valence-electron chi connectivity index (χ0n) is 28.5. The van der Waals surface area contributed by atoms with Gasteiger partial charge in [-0.15, -0.1) is 11.3 Å². The van der Waals surface area contributed by atoms with Gasteiger partial charge in [0.05, 0.1) is 0 Å². The van der Waals surface area contributed by atoms with Crippen molar-refractivity contribution in [2.45, 2.75) is 0 Å². The fraction of sp³-hybridized carbons (Fsp3) is 0. The first-order valence-corrected chi connectivity index (χ1v) is 18.7. The van der Waals surface area contributed by atoms with Crippen molar-refractivity contribution < 1.29 is 0 Å². The van der Waals surface area contributed by atoms with Gasteiger partial charge in [-0.05, 0) is 78.5 Å². The summed E-state index contributed by atoms with van der Waals surface area (Å²) in [6.45, 7) is 0. The largest absolute Gasteiger partial charge is 0.208 e. The quantitative estimate of drug-likeness (QED) is 0.172. The lowest BCUT2D eigenvalue weighted by Crippen LogP contribution is -2.00. The molecule has 246 valence electrons. The minimum atomic E-state index is 0.657. The fourth-order valence-corrected chi connectivity index (χ4v) is 9.25. The van der Waals surface area contributed by atoms with Gasteiger partial charge in [0, 0.05) is 36.9 Å². The van der Waals surface area contributed by atoms with Crippen LogP contribution in [0.15, 0.2) is 176 Å². The molecule has 0 fully saturated rings. The van der Waals surface area contributed by atoms with Gasteiger partial charge in [-0.1, -0.05) is 152 Å². The lowest BCUT2D eigenvalue weighted by molar-refractivity contribution is 1.08. The second-order valence-electron chi connectivity index (χ2n) is 13.5. The Morgan fingerprint density at radius 2 is 0.868 bits per heavy atom. The fourth-order valence-electron chi connectivity index (χ4n) is 7.99. The number of hydrogen-bond donors (Lipinski definition) is 0. The van der Waals surface area contributed by atoms with Crippen molar-refractivity contribution in [3.05, 3.63) is 176 Å². The van der Waals surface area contributed by atoms with Crippen LogP contribution in [0.3, 0.4) is 0 Å². The molecule has 11 rings (SSSR count). The molecule has 0 N–H and O–H groups in total. The minimum absolute atomic E-state index is 0.657. The van der Waals surface area contributed by atoms with E-state index in [4.69, 9.17) is 15.0 Å². The van der Waals surface area contributed by atoms with Gasteiger partial charge >= 0.3 is 0 Å². The predicted molar refractivity (Wildman–Crippen MR) is 224 cm³/mol. The van der Waals surface area contributed by atoms with Crippen LogP contribution in [-0.2, 0) is 0 Å². The van der Waals surface area contributed by atoms with Crippen molar-refractivity contribution in [1.82, 2.24) is 15.0 Å². The van der Waals surface area contributed by atoms with Gasteiger partial charge in [-0.25, -0.2) is 15.0 Å². The van der Waals surface area contributed by atoms with E-state index in [9.17, 15) is 0 Å². The van der Waals surface area contributed by atoms with Crippen LogP contribution in [0.2, 0.25) is 0 Å². The molecule has 0 spiro atoms. The molecule has 0 aliphatic heterocycles. The Bertz CT molecular complexity index is 3200. The number of benzene rings is 9. The second-order valence-corrected chi connectivity index (χ2v) is 14.6. The molecule has 3 nitrogen and oxygen atoms in total. The summed E-state index contributed by atoms with van der Waals surface area (Å²) in [5, 5.41) is 12.4. The number of fused-ring (bicyclic) bond motifs is 10. The highest BCUT2D eigenvalue weighted by atomic mass is 32.1. The maximum Gasteiger partial charge on any atom is 0.164 e. The summed E-state index contributed by atoms with van der Waals surface area (Å²) in [7, 11) is 0. The summed E-state index contributed by atoms with van der Waals surface area (Å²) in [5.41, 5.74) is 5.32. The monoisotopic (exact) mass is 691 g/mol. The molecule has 0 radical (unpaired) electrons. The molecule has 0 saturated heterocycles. The Labute approximate surface area is 309 Å².